The van der Waals surface area contributed by atoms with E-state index in [1.54, 1.807) is 5.57 Å². The van der Waals surface area contributed by atoms with Crippen molar-refractivity contribution in [2.45, 2.75) is 50.7 Å². The molecule has 1 heterocycles. The predicted octanol–water partition coefficient (Wildman–Crippen LogP) is 1.99. The molecule has 2 atom stereocenters. The Labute approximate surface area is 80.1 Å². The topological polar surface area (TPSA) is 35.2 Å². The quantitative estimate of drug-likeness (QED) is 0.661. The lowest BCUT2D eigenvalue weighted by Gasteiger charge is -2.05. The number of hydrogen-bond acceptors (Lipinski definition) is 2. The highest BCUT2D eigenvalue weighted by molar-refractivity contribution is 5.10. The molecule has 0 spiro atoms. The van der Waals surface area contributed by atoms with E-state index in [2.05, 4.69) is 6.08 Å². The Balaban J connectivity index is 1.76. The molecule has 2 unspecified atom stereocenters. The van der Waals surface area contributed by atoms with Crippen LogP contribution in [-0.2, 0) is 4.74 Å². The van der Waals surface area contributed by atoms with Gasteiger partial charge in [-0.05, 0) is 38.5 Å². The van der Waals surface area contributed by atoms with E-state index >= 15 is 0 Å². The van der Waals surface area contributed by atoms with Crippen LogP contribution in [0.4, 0.5) is 0 Å². The summed E-state index contributed by atoms with van der Waals surface area (Å²) in [5, 5.41) is 0. The average Bonchev–Trinajstić information content (AvgIpc) is 2.71. The molecule has 2 rings (SSSR count). The Bertz CT molecular complexity index is 194. The molecule has 1 aliphatic carbocycles. The number of rotatable bonds is 2. The second-order valence-electron chi connectivity index (χ2n) is 4.24. The molecule has 0 bridgehead atoms. The van der Waals surface area contributed by atoms with Crippen LogP contribution in [0.3, 0.4) is 0 Å². The zero-order valence-electron chi connectivity index (χ0n) is 8.17. The van der Waals surface area contributed by atoms with Crippen molar-refractivity contribution in [2.24, 2.45) is 5.73 Å². The molecule has 2 fully saturated rings. The molecule has 0 radical (unpaired) electrons. The van der Waals surface area contributed by atoms with Gasteiger partial charge in [-0.2, -0.15) is 0 Å². The van der Waals surface area contributed by atoms with E-state index in [1.807, 2.05) is 0 Å². The van der Waals surface area contributed by atoms with Gasteiger partial charge in [0.1, 0.15) is 0 Å². The van der Waals surface area contributed by atoms with Gasteiger partial charge in [0.25, 0.3) is 0 Å². The largest absolute Gasteiger partial charge is 0.378 e. The van der Waals surface area contributed by atoms with E-state index in [0.29, 0.717) is 12.1 Å². The average molecular weight is 181 g/mol. The molecule has 0 aromatic rings. The fourth-order valence-electron chi connectivity index (χ4n) is 2.23. The van der Waals surface area contributed by atoms with Gasteiger partial charge in [-0.15, -0.1) is 0 Å². The number of nitrogens with two attached hydrogens (primary N) is 1. The molecule has 2 N–H and O–H groups in total. The van der Waals surface area contributed by atoms with E-state index in [-0.39, 0.29) is 0 Å². The summed E-state index contributed by atoms with van der Waals surface area (Å²) < 4.78 is 5.56. The Hall–Kier alpha value is -0.340. The van der Waals surface area contributed by atoms with Gasteiger partial charge >= 0.3 is 0 Å². The van der Waals surface area contributed by atoms with Crippen LogP contribution < -0.4 is 5.73 Å². The minimum absolute atomic E-state index is 0.427. The van der Waals surface area contributed by atoms with Crippen molar-refractivity contribution in [3.63, 3.8) is 0 Å². The van der Waals surface area contributed by atoms with E-state index in [1.165, 1.54) is 25.7 Å². The molecule has 74 valence electrons. The molecule has 0 amide bonds. The fourth-order valence-corrected chi connectivity index (χ4v) is 2.23. The lowest BCUT2D eigenvalue weighted by molar-refractivity contribution is 0.113. The standard InChI is InChI=1S/C11H19NO/c12-10-5-3-9(8-10)4-6-11-2-1-7-13-11/h4,10-11H,1-3,5-8,12H2. The second-order valence-corrected chi connectivity index (χ2v) is 4.24. The maximum atomic E-state index is 5.84. The van der Waals surface area contributed by atoms with E-state index in [0.717, 1.165) is 19.4 Å². The smallest absolute Gasteiger partial charge is 0.0610 e. The first kappa shape index (κ1) is 9.22. The van der Waals surface area contributed by atoms with Gasteiger partial charge in [0.05, 0.1) is 6.10 Å². The van der Waals surface area contributed by atoms with Crippen LogP contribution in [-0.4, -0.2) is 18.8 Å². The second kappa shape index (κ2) is 4.25. The minimum Gasteiger partial charge on any atom is -0.378 e. The number of ether oxygens (including phenoxy) is 1. The minimum atomic E-state index is 0.427. The first-order valence-corrected chi connectivity index (χ1v) is 5.39. The lowest BCUT2D eigenvalue weighted by atomic mass is 10.1. The Morgan fingerprint density at radius 1 is 1.46 bits per heavy atom. The summed E-state index contributed by atoms with van der Waals surface area (Å²) in [6.07, 6.45) is 9.98. The van der Waals surface area contributed by atoms with Crippen LogP contribution in [0.1, 0.15) is 38.5 Å². The monoisotopic (exact) mass is 181 g/mol. The third kappa shape index (κ3) is 2.55. The summed E-state index contributed by atoms with van der Waals surface area (Å²) in [6.45, 7) is 0.966. The summed E-state index contributed by atoms with van der Waals surface area (Å²) in [5.74, 6) is 0. The van der Waals surface area contributed by atoms with Crippen molar-refractivity contribution < 1.29 is 4.74 Å². The zero-order valence-corrected chi connectivity index (χ0v) is 8.17. The zero-order chi connectivity index (χ0) is 9.10. The van der Waals surface area contributed by atoms with E-state index < -0.39 is 0 Å². The van der Waals surface area contributed by atoms with Crippen LogP contribution in [0, 0.1) is 0 Å². The molecule has 0 aromatic heterocycles. The molecule has 1 aliphatic heterocycles. The summed E-state index contributed by atoms with van der Waals surface area (Å²) >= 11 is 0. The van der Waals surface area contributed by atoms with Gasteiger partial charge in [0.15, 0.2) is 0 Å². The first-order chi connectivity index (χ1) is 6.34. The van der Waals surface area contributed by atoms with Gasteiger partial charge < -0.3 is 10.5 Å². The molecule has 0 aromatic carbocycles. The van der Waals surface area contributed by atoms with Crippen LogP contribution in [0.15, 0.2) is 11.6 Å². The van der Waals surface area contributed by atoms with Crippen LogP contribution in [0.5, 0.6) is 0 Å². The van der Waals surface area contributed by atoms with Crippen molar-refractivity contribution in [2.75, 3.05) is 6.61 Å². The van der Waals surface area contributed by atoms with Gasteiger partial charge in [0, 0.05) is 12.6 Å². The molecular formula is C11H19NO. The summed E-state index contributed by atoms with van der Waals surface area (Å²) in [7, 11) is 0. The molecule has 13 heavy (non-hydrogen) atoms. The van der Waals surface area contributed by atoms with Gasteiger partial charge in [0.2, 0.25) is 0 Å². The van der Waals surface area contributed by atoms with Crippen molar-refractivity contribution in [3.05, 3.63) is 11.6 Å². The van der Waals surface area contributed by atoms with E-state index in [4.69, 9.17) is 10.5 Å². The third-order valence-corrected chi connectivity index (χ3v) is 3.05. The Morgan fingerprint density at radius 3 is 3.00 bits per heavy atom. The maximum Gasteiger partial charge on any atom is 0.0610 e. The third-order valence-electron chi connectivity index (χ3n) is 3.05. The first-order valence-electron chi connectivity index (χ1n) is 5.39. The van der Waals surface area contributed by atoms with Crippen LogP contribution in [0.2, 0.25) is 0 Å². The highest BCUT2D eigenvalue weighted by Crippen LogP contribution is 2.25. The molecule has 2 nitrogen and oxygen atoms in total. The molecule has 1 saturated carbocycles. The summed E-state index contributed by atoms with van der Waals surface area (Å²) in [5.41, 5.74) is 7.40. The molecule has 2 heteroatoms. The van der Waals surface area contributed by atoms with Gasteiger partial charge in [-0.1, -0.05) is 11.6 Å². The predicted molar refractivity (Wildman–Crippen MR) is 53.5 cm³/mol. The van der Waals surface area contributed by atoms with Crippen molar-refractivity contribution >= 4 is 0 Å². The fraction of sp³-hybridized carbons (Fsp3) is 0.818. The van der Waals surface area contributed by atoms with Crippen molar-refractivity contribution in [1.29, 1.82) is 0 Å². The SMILES string of the molecule is NC1CCC(=CCC2CCCO2)C1. The van der Waals surface area contributed by atoms with Crippen LogP contribution in [0.25, 0.3) is 0 Å². The molecule has 1 saturated heterocycles. The summed E-state index contributed by atoms with van der Waals surface area (Å²) in [6, 6.07) is 0.427. The maximum absolute atomic E-state index is 5.84. The van der Waals surface area contributed by atoms with Crippen LogP contribution >= 0.6 is 0 Å². The Kier molecular flexibility index (Phi) is 3.01. The molecular weight excluding hydrogens is 162 g/mol. The summed E-state index contributed by atoms with van der Waals surface area (Å²) in [4.78, 5) is 0. The lowest BCUT2D eigenvalue weighted by Crippen LogP contribution is -2.13. The molecule has 2 aliphatic rings. The Morgan fingerprint density at radius 2 is 2.38 bits per heavy atom. The van der Waals surface area contributed by atoms with E-state index in [9.17, 15) is 0 Å². The normalized spacial score (nSPS) is 37.5. The van der Waals surface area contributed by atoms with Crippen molar-refractivity contribution in [1.82, 2.24) is 0 Å². The number of hydrogen-bond donors (Lipinski definition) is 1. The highest BCUT2D eigenvalue weighted by atomic mass is 16.5. The van der Waals surface area contributed by atoms with Crippen molar-refractivity contribution in [3.8, 4) is 0 Å². The van der Waals surface area contributed by atoms with Gasteiger partial charge in [-0.3, -0.25) is 0 Å². The highest BCUT2D eigenvalue weighted by Gasteiger charge is 2.17. The van der Waals surface area contributed by atoms with Gasteiger partial charge in [-0.25, -0.2) is 0 Å².